The predicted octanol–water partition coefficient (Wildman–Crippen LogP) is 3.01. The van der Waals surface area contributed by atoms with Gasteiger partial charge in [0.25, 0.3) is 5.91 Å². The molecule has 2 aromatic heterocycles. The van der Waals surface area contributed by atoms with Crippen LogP contribution < -0.4 is 5.32 Å². The Morgan fingerprint density at radius 1 is 1.20 bits per heavy atom. The molecule has 0 spiro atoms. The van der Waals surface area contributed by atoms with Crippen LogP contribution in [0.3, 0.4) is 0 Å². The minimum Gasteiger partial charge on any atom is -0.467 e. The maximum atomic E-state index is 13.4. The van der Waals surface area contributed by atoms with Crippen molar-refractivity contribution in [3.8, 4) is 5.69 Å². The third-order valence-electron chi connectivity index (χ3n) is 4.78. The van der Waals surface area contributed by atoms with Crippen molar-refractivity contribution in [3.05, 3.63) is 84.1 Å². The Hall–Kier alpha value is -3.94. The lowest BCUT2D eigenvalue weighted by Gasteiger charge is -2.15. The minimum absolute atomic E-state index is 0.104. The normalized spacial score (nSPS) is 11.9. The molecule has 4 aromatic rings. The number of carbonyl (C=O) groups is 2. The number of para-hydroxylation sites is 1. The Balaban J connectivity index is 1.53. The zero-order valence-corrected chi connectivity index (χ0v) is 16.1. The number of methoxy groups -OCH3 is 1. The summed E-state index contributed by atoms with van der Waals surface area (Å²) in [5.41, 5.74) is 2.41. The molecule has 0 unspecified atom stereocenters. The molecule has 2 heterocycles. The Kier molecular flexibility index (Phi) is 5.30. The Morgan fingerprint density at radius 2 is 2.03 bits per heavy atom. The lowest BCUT2D eigenvalue weighted by molar-refractivity contribution is -0.142. The van der Waals surface area contributed by atoms with E-state index in [1.807, 2.05) is 30.5 Å². The summed E-state index contributed by atoms with van der Waals surface area (Å²) < 4.78 is 19.7. The molecular formula is C22H19FN4O3. The van der Waals surface area contributed by atoms with Gasteiger partial charge in [0.2, 0.25) is 0 Å². The zero-order chi connectivity index (χ0) is 21.1. The van der Waals surface area contributed by atoms with Gasteiger partial charge in [-0.3, -0.25) is 4.79 Å². The van der Waals surface area contributed by atoms with E-state index >= 15 is 0 Å². The van der Waals surface area contributed by atoms with E-state index in [1.165, 1.54) is 30.0 Å². The maximum absolute atomic E-state index is 13.4. The number of amides is 1. The summed E-state index contributed by atoms with van der Waals surface area (Å²) >= 11 is 0. The van der Waals surface area contributed by atoms with Crippen LogP contribution in [0.1, 0.15) is 16.1 Å². The molecule has 0 bridgehead atoms. The number of benzene rings is 2. The van der Waals surface area contributed by atoms with Crippen LogP contribution in [-0.2, 0) is 16.0 Å². The van der Waals surface area contributed by atoms with E-state index in [0.29, 0.717) is 5.69 Å². The number of aromatic nitrogens is 3. The molecule has 4 rings (SSSR count). The molecule has 8 heteroatoms. The Labute approximate surface area is 171 Å². The average Bonchev–Trinajstić information content (AvgIpc) is 3.40. The molecule has 0 saturated carbocycles. The van der Waals surface area contributed by atoms with Crippen molar-refractivity contribution >= 4 is 22.8 Å². The molecular weight excluding hydrogens is 387 g/mol. The van der Waals surface area contributed by atoms with Crippen molar-refractivity contribution in [2.75, 3.05) is 7.11 Å². The minimum atomic E-state index is -0.888. The van der Waals surface area contributed by atoms with E-state index in [4.69, 9.17) is 4.74 Å². The van der Waals surface area contributed by atoms with E-state index in [-0.39, 0.29) is 12.1 Å². The first kappa shape index (κ1) is 19.4. The summed E-state index contributed by atoms with van der Waals surface area (Å²) in [7, 11) is 1.27. The SMILES string of the molecule is COC(=O)[C@@H](Cc1c[nH]c2ccccc12)NC(=O)c1ccn(-c2cccc(F)c2)n1. The number of ether oxygens (including phenoxy) is 1. The number of rotatable bonds is 6. The smallest absolute Gasteiger partial charge is 0.328 e. The van der Waals surface area contributed by atoms with Crippen LogP contribution in [0.4, 0.5) is 4.39 Å². The van der Waals surface area contributed by atoms with Crippen molar-refractivity contribution in [1.29, 1.82) is 0 Å². The topological polar surface area (TPSA) is 89.0 Å². The molecule has 7 nitrogen and oxygen atoms in total. The summed E-state index contributed by atoms with van der Waals surface area (Å²) in [6.45, 7) is 0. The Morgan fingerprint density at radius 3 is 2.83 bits per heavy atom. The molecule has 0 aliphatic heterocycles. The van der Waals surface area contributed by atoms with Crippen molar-refractivity contribution in [2.24, 2.45) is 0 Å². The number of hydrogen-bond acceptors (Lipinski definition) is 4. The first-order valence-electron chi connectivity index (χ1n) is 9.30. The van der Waals surface area contributed by atoms with Crippen LogP contribution in [-0.4, -0.2) is 39.8 Å². The van der Waals surface area contributed by atoms with Gasteiger partial charge in [0.1, 0.15) is 11.9 Å². The summed E-state index contributed by atoms with van der Waals surface area (Å²) in [4.78, 5) is 28.1. The summed E-state index contributed by atoms with van der Waals surface area (Å²) in [5.74, 6) is -1.49. The third-order valence-corrected chi connectivity index (χ3v) is 4.78. The number of hydrogen-bond donors (Lipinski definition) is 2. The number of halogens is 1. The van der Waals surface area contributed by atoms with E-state index in [2.05, 4.69) is 15.4 Å². The van der Waals surface area contributed by atoms with E-state index in [1.54, 1.807) is 18.3 Å². The van der Waals surface area contributed by atoms with Crippen molar-refractivity contribution in [2.45, 2.75) is 12.5 Å². The van der Waals surface area contributed by atoms with Crippen molar-refractivity contribution in [1.82, 2.24) is 20.1 Å². The van der Waals surface area contributed by atoms with Gasteiger partial charge in [0.15, 0.2) is 5.69 Å². The lowest BCUT2D eigenvalue weighted by Crippen LogP contribution is -2.43. The summed E-state index contributed by atoms with van der Waals surface area (Å²) in [6.07, 6.45) is 3.62. The second-order valence-corrected chi connectivity index (χ2v) is 6.74. The first-order valence-corrected chi connectivity index (χ1v) is 9.30. The van der Waals surface area contributed by atoms with Gasteiger partial charge in [-0.2, -0.15) is 5.10 Å². The highest BCUT2D eigenvalue weighted by Gasteiger charge is 2.25. The molecule has 1 amide bonds. The molecule has 0 fully saturated rings. The molecule has 2 N–H and O–H groups in total. The van der Waals surface area contributed by atoms with Gasteiger partial charge in [0, 0.05) is 29.7 Å². The highest BCUT2D eigenvalue weighted by atomic mass is 19.1. The van der Waals surface area contributed by atoms with E-state index in [0.717, 1.165) is 16.5 Å². The monoisotopic (exact) mass is 406 g/mol. The van der Waals surface area contributed by atoms with E-state index < -0.39 is 23.7 Å². The average molecular weight is 406 g/mol. The second-order valence-electron chi connectivity index (χ2n) is 6.74. The molecule has 2 aromatic carbocycles. The van der Waals surface area contributed by atoms with Gasteiger partial charge in [-0.25, -0.2) is 13.9 Å². The van der Waals surface area contributed by atoms with Gasteiger partial charge >= 0.3 is 5.97 Å². The molecule has 0 radical (unpaired) electrons. The maximum Gasteiger partial charge on any atom is 0.328 e. The largest absolute Gasteiger partial charge is 0.467 e. The number of fused-ring (bicyclic) bond motifs is 1. The number of carbonyl (C=O) groups excluding carboxylic acids is 2. The summed E-state index contributed by atoms with van der Waals surface area (Å²) in [5, 5.41) is 7.84. The lowest BCUT2D eigenvalue weighted by atomic mass is 10.0. The van der Waals surface area contributed by atoms with Crippen LogP contribution in [0.2, 0.25) is 0 Å². The van der Waals surface area contributed by atoms with Gasteiger partial charge < -0.3 is 15.0 Å². The van der Waals surface area contributed by atoms with Crippen LogP contribution >= 0.6 is 0 Å². The fourth-order valence-electron chi connectivity index (χ4n) is 3.30. The quantitative estimate of drug-likeness (QED) is 0.482. The number of nitrogens with zero attached hydrogens (tertiary/aromatic N) is 2. The first-order chi connectivity index (χ1) is 14.5. The van der Waals surface area contributed by atoms with Crippen molar-refractivity contribution < 1.29 is 18.7 Å². The van der Waals surface area contributed by atoms with Gasteiger partial charge in [0.05, 0.1) is 12.8 Å². The van der Waals surface area contributed by atoms with Crippen LogP contribution in [0.15, 0.2) is 67.0 Å². The third kappa shape index (κ3) is 3.93. The number of nitrogens with one attached hydrogen (secondary N) is 2. The predicted molar refractivity (Wildman–Crippen MR) is 109 cm³/mol. The fraction of sp³-hybridized carbons (Fsp3) is 0.136. The Bertz CT molecular complexity index is 1210. The van der Waals surface area contributed by atoms with Crippen LogP contribution in [0.5, 0.6) is 0 Å². The fourth-order valence-corrected chi connectivity index (χ4v) is 3.30. The standard InChI is InChI=1S/C22H19FN4O3/c1-30-22(29)20(11-14-13-24-18-8-3-2-7-17(14)18)25-21(28)19-9-10-27(26-19)16-6-4-5-15(23)12-16/h2-10,12-13,20,24H,11H2,1H3,(H,25,28)/t20-/m1/s1. The molecule has 30 heavy (non-hydrogen) atoms. The van der Waals surface area contributed by atoms with Gasteiger partial charge in [-0.15, -0.1) is 0 Å². The van der Waals surface area contributed by atoms with E-state index in [9.17, 15) is 14.0 Å². The zero-order valence-electron chi connectivity index (χ0n) is 16.1. The van der Waals surface area contributed by atoms with Gasteiger partial charge in [-0.05, 0) is 35.9 Å². The van der Waals surface area contributed by atoms with Crippen LogP contribution in [0.25, 0.3) is 16.6 Å². The molecule has 0 saturated heterocycles. The number of H-pyrrole nitrogens is 1. The van der Waals surface area contributed by atoms with Gasteiger partial charge in [-0.1, -0.05) is 24.3 Å². The molecule has 0 aliphatic rings. The molecule has 1 atom stereocenters. The molecule has 152 valence electrons. The van der Waals surface area contributed by atoms with Crippen LogP contribution in [0, 0.1) is 5.82 Å². The van der Waals surface area contributed by atoms with Crippen molar-refractivity contribution in [3.63, 3.8) is 0 Å². The highest BCUT2D eigenvalue weighted by Crippen LogP contribution is 2.19. The number of esters is 1. The number of aromatic amines is 1. The summed E-state index contributed by atoms with van der Waals surface area (Å²) in [6, 6.07) is 14.2. The second kappa shape index (κ2) is 8.20. The highest BCUT2D eigenvalue weighted by molar-refractivity contribution is 5.95. The molecule has 0 aliphatic carbocycles.